The van der Waals surface area contributed by atoms with Gasteiger partial charge in [0, 0.05) is 0 Å². The number of allylic oxidation sites excluding steroid dienone is 1. The third-order valence-corrected chi connectivity index (χ3v) is 2.13. The zero-order chi connectivity index (χ0) is 10.6. The fourth-order valence-corrected chi connectivity index (χ4v) is 1.53. The van der Waals surface area contributed by atoms with E-state index in [1.165, 1.54) is 0 Å². The van der Waals surface area contributed by atoms with E-state index in [1.54, 1.807) is 12.1 Å². The maximum atomic E-state index is 10.8. The van der Waals surface area contributed by atoms with Crippen molar-refractivity contribution in [3.05, 3.63) is 41.0 Å². The van der Waals surface area contributed by atoms with E-state index in [1.807, 2.05) is 32.1 Å². The van der Waals surface area contributed by atoms with Gasteiger partial charge in [-0.05, 0) is 30.5 Å². The van der Waals surface area contributed by atoms with E-state index in [9.17, 15) is 9.90 Å². The van der Waals surface area contributed by atoms with Gasteiger partial charge < -0.3 is 0 Å². The fraction of sp³-hybridized carbons (Fsp3) is 0.250. The number of hydrogen-bond acceptors (Lipinski definition) is 1. The third-order valence-electron chi connectivity index (χ3n) is 2.13. The van der Waals surface area contributed by atoms with Crippen LogP contribution in [0.1, 0.15) is 35.3 Å². The minimum atomic E-state index is -1.10. The number of carbonyl (C=O) groups is 1. The van der Waals surface area contributed by atoms with Gasteiger partial charge in [-0.15, -0.1) is 0 Å². The van der Waals surface area contributed by atoms with Crippen LogP contribution in [-0.4, -0.2) is 5.97 Å². The summed E-state index contributed by atoms with van der Waals surface area (Å²) in [4.78, 5) is 10.8. The van der Waals surface area contributed by atoms with Crippen LogP contribution < -0.4 is 0 Å². The molecular formula is C12H13O2. The van der Waals surface area contributed by atoms with Crippen LogP contribution in [0.15, 0.2) is 24.3 Å². The molecular weight excluding hydrogens is 176 g/mol. The Morgan fingerprint density at radius 2 is 2.14 bits per heavy atom. The first-order valence-electron chi connectivity index (χ1n) is 4.66. The van der Waals surface area contributed by atoms with Crippen molar-refractivity contribution in [1.29, 1.82) is 0 Å². The highest BCUT2D eigenvalue weighted by molar-refractivity contribution is 5.90. The number of benzene rings is 1. The second-order valence-electron chi connectivity index (χ2n) is 3.01. The molecule has 0 spiro atoms. The van der Waals surface area contributed by atoms with Crippen LogP contribution in [0.5, 0.6) is 0 Å². The minimum Gasteiger partial charge on any atom is -0.241 e. The molecule has 0 bridgehead atoms. The van der Waals surface area contributed by atoms with Crippen LogP contribution in [0.3, 0.4) is 0 Å². The lowest BCUT2D eigenvalue weighted by Crippen LogP contribution is -2.01. The molecule has 2 heteroatoms. The molecule has 14 heavy (non-hydrogen) atoms. The molecule has 0 fully saturated rings. The number of carbonyl (C=O) groups excluding carboxylic acids is 1. The maximum Gasteiger partial charge on any atom is 0.386 e. The van der Waals surface area contributed by atoms with Crippen molar-refractivity contribution < 1.29 is 9.90 Å². The Morgan fingerprint density at radius 1 is 1.43 bits per heavy atom. The zero-order valence-electron chi connectivity index (χ0n) is 8.41. The van der Waals surface area contributed by atoms with E-state index in [0.717, 1.165) is 11.1 Å². The molecule has 0 saturated heterocycles. The van der Waals surface area contributed by atoms with Crippen molar-refractivity contribution in [2.75, 3.05) is 0 Å². The summed E-state index contributed by atoms with van der Waals surface area (Å²) in [5, 5.41) is 10.8. The van der Waals surface area contributed by atoms with Crippen LogP contribution in [-0.2, 0) is 11.5 Å². The van der Waals surface area contributed by atoms with Gasteiger partial charge in [0.2, 0.25) is 0 Å². The summed E-state index contributed by atoms with van der Waals surface area (Å²) in [6, 6.07) is 5.23. The van der Waals surface area contributed by atoms with Gasteiger partial charge in [0.15, 0.2) is 0 Å². The van der Waals surface area contributed by atoms with Gasteiger partial charge in [-0.1, -0.05) is 31.2 Å². The fourth-order valence-electron chi connectivity index (χ4n) is 1.53. The van der Waals surface area contributed by atoms with Crippen molar-refractivity contribution in [2.24, 2.45) is 0 Å². The largest absolute Gasteiger partial charge is 0.386 e. The molecule has 0 amide bonds. The van der Waals surface area contributed by atoms with Crippen LogP contribution in [0.25, 0.3) is 6.08 Å². The van der Waals surface area contributed by atoms with Gasteiger partial charge in [0.25, 0.3) is 0 Å². The van der Waals surface area contributed by atoms with E-state index in [2.05, 4.69) is 0 Å². The molecule has 0 atom stereocenters. The van der Waals surface area contributed by atoms with E-state index in [0.29, 0.717) is 12.0 Å². The average Bonchev–Trinajstić information content (AvgIpc) is 2.18. The Kier molecular flexibility index (Phi) is 3.46. The standard InChI is InChI=1S/C12H13O2/c1-3-6-9-7-5-8-11(12(13)14)10(9)4-2/h3,5-8H,4H2,1-2H3/b6-3+. The Hall–Kier alpha value is -1.57. The van der Waals surface area contributed by atoms with E-state index < -0.39 is 5.97 Å². The zero-order valence-corrected chi connectivity index (χ0v) is 8.41. The molecule has 73 valence electrons. The highest BCUT2D eigenvalue weighted by Gasteiger charge is 2.11. The lowest BCUT2D eigenvalue weighted by molar-refractivity contribution is 0.0572. The Bertz CT molecular complexity index is 365. The van der Waals surface area contributed by atoms with Gasteiger partial charge in [-0.2, -0.15) is 0 Å². The number of rotatable bonds is 3. The SMILES string of the molecule is C/C=C/c1cccc(C([O])=O)c1CC. The van der Waals surface area contributed by atoms with Crippen molar-refractivity contribution >= 4 is 12.0 Å². The predicted molar refractivity (Wildman–Crippen MR) is 55.5 cm³/mol. The van der Waals surface area contributed by atoms with Crippen molar-refractivity contribution in [3.63, 3.8) is 0 Å². The molecule has 1 aromatic rings. The molecule has 0 N–H and O–H groups in total. The Labute approximate surface area is 83.9 Å². The summed E-state index contributed by atoms with van der Waals surface area (Å²) in [6.07, 6.45) is 4.50. The van der Waals surface area contributed by atoms with Crippen molar-refractivity contribution in [2.45, 2.75) is 20.3 Å². The van der Waals surface area contributed by atoms with Gasteiger partial charge in [-0.3, -0.25) is 0 Å². The second-order valence-corrected chi connectivity index (χ2v) is 3.01. The molecule has 0 aromatic heterocycles. The summed E-state index contributed by atoms with van der Waals surface area (Å²) in [6.45, 7) is 3.85. The summed E-state index contributed by atoms with van der Waals surface area (Å²) in [5.41, 5.74) is 2.09. The molecule has 1 rings (SSSR count). The first kappa shape index (κ1) is 10.5. The highest BCUT2D eigenvalue weighted by Crippen LogP contribution is 2.17. The van der Waals surface area contributed by atoms with Crippen LogP contribution in [0, 0.1) is 0 Å². The monoisotopic (exact) mass is 189 g/mol. The maximum absolute atomic E-state index is 10.8. The van der Waals surface area contributed by atoms with Gasteiger partial charge in [0.05, 0.1) is 5.56 Å². The summed E-state index contributed by atoms with van der Waals surface area (Å²) >= 11 is 0. The van der Waals surface area contributed by atoms with Crippen LogP contribution in [0.4, 0.5) is 0 Å². The number of hydrogen-bond donors (Lipinski definition) is 0. The first-order chi connectivity index (χ1) is 6.70. The van der Waals surface area contributed by atoms with Crippen molar-refractivity contribution in [1.82, 2.24) is 0 Å². The summed E-state index contributed by atoms with van der Waals surface area (Å²) in [5.74, 6) is -1.10. The second kappa shape index (κ2) is 4.61. The van der Waals surface area contributed by atoms with E-state index in [-0.39, 0.29) is 0 Å². The molecule has 0 unspecified atom stereocenters. The molecule has 1 radical (unpaired) electrons. The molecule has 0 aliphatic heterocycles. The predicted octanol–water partition coefficient (Wildman–Crippen LogP) is 2.85. The molecule has 2 nitrogen and oxygen atoms in total. The molecule has 0 aliphatic rings. The Morgan fingerprint density at radius 3 is 2.64 bits per heavy atom. The summed E-state index contributed by atoms with van der Waals surface area (Å²) in [7, 11) is 0. The quantitative estimate of drug-likeness (QED) is 0.720. The molecule has 1 aromatic carbocycles. The normalized spacial score (nSPS) is 10.7. The Balaban J connectivity index is 3.31. The lowest BCUT2D eigenvalue weighted by Gasteiger charge is -2.06. The topological polar surface area (TPSA) is 37.0 Å². The van der Waals surface area contributed by atoms with Crippen LogP contribution in [0.2, 0.25) is 0 Å². The van der Waals surface area contributed by atoms with Gasteiger partial charge >= 0.3 is 5.97 Å². The van der Waals surface area contributed by atoms with E-state index in [4.69, 9.17) is 0 Å². The lowest BCUT2D eigenvalue weighted by atomic mass is 9.98. The minimum absolute atomic E-state index is 0.295. The summed E-state index contributed by atoms with van der Waals surface area (Å²) < 4.78 is 0. The smallest absolute Gasteiger partial charge is 0.241 e. The molecule has 0 aliphatic carbocycles. The third kappa shape index (κ3) is 2.02. The van der Waals surface area contributed by atoms with E-state index >= 15 is 0 Å². The van der Waals surface area contributed by atoms with Gasteiger partial charge in [-0.25, -0.2) is 9.90 Å². The highest BCUT2D eigenvalue weighted by atomic mass is 16.4. The van der Waals surface area contributed by atoms with Crippen molar-refractivity contribution in [3.8, 4) is 0 Å². The average molecular weight is 189 g/mol. The molecule has 0 saturated carbocycles. The molecule has 0 heterocycles. The van der Waals surface area contributed by atoms with Crippen LogP contribution >= 0.6 is 0 Å². The first-order valence-corrected chi connectivity index (χ1v) is 4.66. The van der Waals surface area contributed by atoms with Gasteiger partial charge in [0.1, 0.15) is 0 Å².